The number of likely N-dealkylation sites (tertiary alicyclic amines) is 1. The average molecular weight is 433 g/mol. The van der Waals surface area contributed by atoms with Crippen molar-refractivity contribution < 1.29 is 32.3 Å². The van der Waals surface area contributed by atoms with Crippen LogP contribution in [0, 0.1) is 16.7 Å². The number of piperidine rings is 1. The number of nitrogens with zero attached hydrogens (tertiary/aromatic N) is 1. The fourth-order valence-corrected chi connectivity index (χ4v) is 5.48. The zero-order chi connectivity index (χ0) is 22.9. The Labute approximate surface area is 173 Å². The van der Waals surface area contributed by atoms with Crippen LogP contribution in [0.4, 0.5) is 13.2 Å². The van der Waals surface area contributed by atoms with Crippen LogP contribution in [-0.2, 0) is 19.1 Å². The van der Waals surface area contributed by atoms with E-state index in [1.807, 2.05) is 27.7 Å². The number of carbonyl (C=O) groups is 3. The van der Waals surface area contributed by atoms with Gasteiger partial charge in [-0.15, -0.1) is 0 Å². The Hall–Kier alpha value is -1.84. The van der Waals surface area contributed by atoms with E-state index in [0.29, 0.717) is 12.8 Å². The molecule has 10 heteroatoms. The molecule has 3 amide bonds. The van der Waals surface area contributed by atoms with Crippen molar-refractivity contribution in [2.24, 2.45) is 22.5 Å². The van der Waals surface area contributed by atoms with Crippen LogP contribution in [-0.4, -0.2) is 59.1 Å². The van der Waals surface area contributed by atoms with E-state index < -0.39 is 53.1 Å². The molecule has 2 saturated carbocycles. The van der Waals surface area contributed by atoms with Crippen molar-refractivity contribution in [1.29, 1.82) is 0 Å². The Balaban J connectivity index is 1.86. The van der Waals surface area contributed by atoms with Crippen LogP contribution in [0.3, 0.4) is 0 Å². The lowest BCUT2D eigenvalue weighted by Gasteiger charge is -2.43. The van der Waals surface area contributed by atoms with Gasteiger partial charge in [0, 0.05) is 12.0 Å². The molecular formula is C20H30F3N3O4. The molecule has 0 aromatic rings. The largest absolute Gasteiger partial charge is 0.471 e. The Morgan fingerprint density at radius 1 is 1.17 bits per heavy atom. The van der Waals surface area contributed by atoms with Crippen molar-refractivity contribution in [2.45, 2.75) is 83.8 Å². The van der Waals surface area contributed by atoms with E-state index in [9.17, 15) is 27.6 Å². The normalized spacial score (nSPS) is 33.1. The molecule has 170 valence electrons. The van der Waals surface area contributed by atoms with Crippen LogP contribution in [0.25, 0.3) is 0 Å². The molecule has 5 atom stereocenters. The molecule has 0 spiro atoms. The van der Waals surface area contributed by atoms with E-state index in [0.717, 1.165) is 6.42 Å². The van der Waals surface area contributed by atoms with E-state index in [1.54, 1.807) is 5.32 Å². The lowest BCUT2D eigenvalue weighted by molar-refractivity contribution is -0.180. The zero-order valence-electron chi connectivity index (χ0n) is 17.9. The highest BCUT2D eigenvalue weighted by Gasteiger charge is 2.78. The van der Waals surface area contributed by atoms with Gasteiger partial charge in [0.25, 0.3) is 0 Å². The summed E-state index contributed by atoms with van der Waals surface area (Å²) < 4.78 is 44.6. The van der Waals surface area contributed by atoms with Crippen LogP contribution in [0.1, 0.15) is 53.9 Å². The maximum Gasteiger partial charge on any atom is 0.471 e. The topological polar surface area (TPSA) is 102 Å². The van der Waals surface area contributed by atoms with Crippen LogP contribution in [0.5, 0.6) is 0 Å². The molecular weight excluding hydrogens is 403 g/mol. The van der Waals surface area contributed by atoms with Crippen LogP contribution < -0.4 is 11.1 Å². The van der Waals surface area contributed by atoms with Gasteiger partial charge in [-0.2, -0.15) is 13.2 Å². The quantitative estimate of drug-likeness (QED) is 0.666. The number of hydrogen-bond donors (Lipinski definition) is 2. The van der Waals surface area contributed by atoms with Crippen LogP contribution >= 0.6 is 0 Å². The standard InChI is InChI=1S/C20H30F3N3O4/c1-10(30-18(4)7-6-8-18)12(25-16(29)20(21,22)23)15(28)26-9-11-17(2,3)19(11,5)13(26)14(24)27/h10-13H,6-9H2,1-5H3,(H2,24,27)(H,25,29)/t10-,11?,12+,13?,19?/m1/s1. The Kier molecular flexibility index (Phi) is 5.20. The first-order valence-electron chi connectivity index (χ1n) is 10.2. The molecule has 0 radical (unpaired) electrons. The van der Waals surface area contributed by atoms with Gasteiger partial charge in [0.2, 0.25) is 11.8 Å². The molecule has 3 aliphatic rings. The van der Waals surface area contributed by atoms with Crippen LogP contribution in [0.2, 0.25) is 0 Å². The van der Waals surface area contributed by atoms with Gasteiger partial charge in [0.05, 0.1) is 11.7 Å². The zero-order valence-corrected chi connectivity index (χ0v) is 17.9. The predicted molar refractivity (Wildman–Crippen MR) is 101 cm³/mol. The number of ether oxygens (including phenoxy) is 1. The van der Waals surface area contributed by atoms with E-state index in [2.05, 4.69) is 0 Å². The van der Waals surface area contributed by atoms with Gasteiger partial charge < -0.3 is 20.7 Å². The summed E-state index contributed by atoms with van der Waals surface area (Å²) in [5.74, 6) is -3.72. The monoisotopic (exact) mass is 433 g/mol. The minimum absolute atomic E-state index is 0.00853. The molecule has 3 fully saturated rings. The summed E-state index contributed by atoms with van der Waals surface area (Å²) in [6.45, 7) is 9.28. The summed E-state index contributed by atoms with van der Waals surface area (Å²) in [5, 5.41) is 1.79. The summed E-state index contributed by atoms with van der Waals surface area (Å²) >= 11 is 0. The summed E-state index contributed by atoms with van der Waals surface area (Å²) in [6, 6.07) is -2.54. The number of amides is 3. The Bertz CT molecular complexity index is 765. The molecule has 0 aromatic carbocycles. The third-order valence-electron chi connectivity index (χ3n) is 7.87. The fraction of sp³-hybridized carbons (Fsp3) is 0.850. The summed E-state index contributed by atoms with van der Waals surface area (Å²) in [7, 11) is 0. The molecule has 0 bridgehead atoms. The number of carbonyl (C=O) groups excluding carboxylic acids is 3. The SMILES string of the molecule is C[C@@H](OC1(C)CCC1)[C@H](NC(=O)C(F)(F)F)C(=O)N1CC2C(C)(C)C2(C)C1C(N)=O. The first-order chi connectivity index (χ1) is 13.6. The second-order valence-corrected chi connectivity index (χ2v) is 9.93. The Morgan fingerprint density at radius 3 is 2.17 bits per heavy atom. The number of fused-ring (bicyclic) bond motifs is 1. The molecule has 1 saturated heterocycles. The number of alkyl halides is 3. The van der Waals surface area contributed by atoms with E-state index in [4.69, 9.17) is 10.5 Å². The molecule has 3 N–H and O–H groups in total. The van der Waals surface area contributed by atoms with E-state index >= 15 is 0 Å². The van der Waals surface area contributed by atoms with Crippen molar-refractivity contribution in [3.63, 3.8) is 0 Å². The number of nitrogens with one attached hydrogen (secondary N) is 1. The summed E-state index contributed by atoms with van der Waals surface area (Å²) in [4.78, 5) is 38.4. The number of rotatable bonds is 6. The fourth-order valence-electron chi connectivity index (χ4n) is 5.48. The van der Waals surface area contributed by atoms with Crippen molar-refractivity contribution in [2.75, 3.05) is 6.54 Å². The number of hydrogen-bond acceptors (Lipinski definition) is 4. The third-order valence-corrected chi connectivity index (χ3v) is 7.87. The maximum absolute atomic E-state index is 13.3. The molecule has 3 rings (SSSR count). The average Bonchev–Trinajstić information content (AvgIpc) is 2.87. The Morgan fingerprint density at radius 2 is 1.73 bits per heavy atom. The number of nitrogens with two attached hydrogens (primary N) is 1. The maximum atomic E-state index is 13.3. The molecule has 3 unspecified atom stereocenters. The molecule has 30 heavy (non-hydrogen) atoms. The molecule has 1 heterocycles. The number of primary amides is 1. The highest BCUT2D eigenvalue weighted by molar-refractivity contribution is 5.94. The lowest BCUT2D eigenvalue weighted by Crippen LogP contribution is -2.61. The van der Waals surface area contributed by atoms with Gasteiger partial charge >= 0.3 is 12.1 Å². The second kappa shape index (κ2) is 6.83. The van der Waals surface area contributed by atoms with Gasteiger partial charge in [-0.05, 0) is 44.4 Å². The van der Waals surface area contributed by atoms with Gasteiger partial charge in [0.15, 0.2) is 0 Å². The van der Waals surface area contributed by atoms with Gasteiger partial charge in [-0.1, -0.05) is 20.8 Å². The molecule has 2 aliphatic carbocycles. The predicted octanol–water partition coefficient (Wildman–Crippen LogP) is 1.74. The molecule has 0 aromatic heterocycles. The van der Waals surface area contributed by atoms with Crippen molar-refractivity contribution >= 4 is 17.7 Å². The third kappa shape index (κ3) is 3.36. The van der Waals surface area contributed by atoms with Gasteiger partial charge in [-0.25, -0.2) is 0 Å². The van der Waals surface area contributed by atoms with Gasteiger partial charge in [0.1, 0.15) is 12.1 Å². The van der Waals surface area contributed by atoms with Crippen molar-refractivity contribution in [3.8, 4) is 0 Å². The lowest BCUT2D eigenvalue weighted by atomic mass is 9.81. The highest BCUT2D eigenvalue weighted by atomic mass is 19.4. The highest BCUT2D eigenvalue weighted by Crippen LogP contribution is 2.74. The van der Waals surface area contributed by atoms with E-state index in [1.165, 1.54) is 11.8 Å². The minimum atomic E-state index is -5.15. The van der Waals surface area contributed by atoms with Crippen LogP contribution in [0.15, 0.2) is 0 Å². The first kappa shape index (κ1) is 22.8. The first-order valence-corrected chi connectivity index (χ1v) is 10.2. The van der Waals surface area contributed by atoms with Crippen molar-refractivity contribution in [1.82, 2.24) is 10.2 Å². The number of halogens is 3. The summed E-state index contributed by atoms with van der Waals surface area (Å²) in [5.41, 5.74) is 4.26. The second-order valence-electron chi connectivity index (χ2n) is 9.93. The molecule has 7 nitrogen and oxygen atoms in total. The molecule has 1 aliphatic heterocycles. The smallest absolute Gasteiger partial charge is 0.370 e. The van der Waals surface area contributed by atoms with E-state index in [-0.39, 0.29) is 17.9 Å². The minimum Gasteiger partial charge on any atom is -0.370 e. The van der Waals surface area contributed by atoms with Crippen molar-refractivity contribution in [3.05, 3.63) is 0 Å². The summed E-state index contributed by atoms with van der Waals surface area (Å²) in [6.07, 6.45) is -3.81. The van der Waals surface area contributed by atoms with Gasteiger partial charge in [-0.3, -0.25) is 14.4 Å².